The molecule has 0 radical (unpaired) electrons. The number of hydrogen-bond acceptors (Lipinski definition) is 4. The predicted molar refractivity (Wildman–Crippen MR) is 56.6 cm³/mol. The summed E-state index contributed by atoms with van der Waals surface area (Å²) in [5.74, 6) is 0.219. The monoisotopic (exact) mass is 214 g/mol. The van der Waals surface area contributed by atoms with Crippen molar-refractivity contribution in [2.75, 3.05) is 20.1 Å². The summed E-state index contributed by atoms with van der Waals surface area (Å²) in [6.07, 6.45) is 0.818. The number of nitrogens with zero attached hydrogens (tertiary/aromatic N) is 2. The zero-order valence-corrected chi connectivity index (χ0v) is 9.10. The molecule has 0 aromatic carbocycles. The minimum absolute atomic E-state index is 0.0753. The van der Waals surface area contributed by atoms with Crippen LogP contribution < -0.4 is 11.1 Å². The van der Waals surface area contributed by atoms with Crippen molar-refractivity contribution in [2.24, 2.45) is 16.8 Å². The van der Waals surface area contributed by atoms with E-state index >= 15 is 0 Å². The number of oxime groups is 1. The first-order chi connectivity index (χ1) is 7.06. The summed E-state index contributed by atoms with van der Waals surface area (Å²) in [6, 6.07) is -0.121. The number of nitrogens with two attached hydrogens (primary N) is 1. The van der Waals surface area contributed by atoms with Gasteiger partial charge in [0, 0.05) is 26.1 Å². The fourth-order valence-electron chi connectivity index (χ4n) is 1.53. The normalized spacial score (nSPS) is 24.7. The first-order valence-electron chi connectivity index (χ1n) is 5.02. The Labute approximate surface area is 89.1 Å². The maximum absolute atomic E-state index is 11.5. The Bertz CT molecular complexity index is 267. The van der Waals surface area contributed by atoms with E-state index < -0.39 is 0 Å². The number of likely N-dealkylation sites (tertiary alicyclic amines) is 1. The van der Waals surface area contributed by atoms with E-state index in [0.717, 1.165) is 13.0 Å². The van der Waals surface area contributed by atoms with Gasteiger partial charge in [-0.15, -0.1) is 0 Å². The van der Waals surface area contributed by atoms with Gasteiger partial charge in [-0.1, -0.05) is 12.1 Å². The number of amides is 1. The van der Waals surface area contributed by atoms with Gasteiger partial charge in [0.15, 0.2) is 0 Å². The molecule has 6 heteroatoms. The Morgan fingerprint density at radius 3 is 3.00 bits per heavy atom. The Hall–Kier alpha value is -1.30. The number of likely N-dealkylation sites (N-methyl/N-ethyl adjacent to an activating group) is 1. The van der Waals surface area contributed by atoms with Gasteiger partial charge in [-0.2, -0.15) is 0 Å². The van der Waals surface area contributed by atoms with Crippen LogP contribution in [0.5, 0.6) is 0 Å². The van der Waals surface area contributed by atoms with Crippen molar-refractivity contribution in [3.63, 3.8) is 0 Å². The van der Waals surface area contributed by atoms with Gasteiger partial charge in [0.05, 0.1) is 6.04 Å². The predicted octanol–water partition coefficient (Wildman–Crippen LogP) is -0.811. The molecule has 0 spiro atoms. The topological polar surface area (TPSA) is 91.0 Å². The van der Waals surface area contributed by atoms with Crippen LogP contribution in [0.4, 0.5) is 0 Å². The van der Waals surface area contributed by atoms with Crippen LogP contribution in [0, 0.1) is 5.92 Å². The highest BCUT2D eigenvalue weighted by Gasteiger charge is 2.28. The van der Waals surface area contributed by atoms with Gasteiger partial charge in [0.1, 0.15) is 5.84 Å². The molecule has 0 bridgehead atoms. The largest absolute Gasteiger partial charge is 0.409 e. The van der Waals surface area contributed by atoms with Crippen LogP contribution in [0.15, 0.2) is 5.16 Å². The van der Waals surface area contributed by atoms with Gasteiger partial charge in [0.25, 0.3) is 0 Å². The summed E-state index contributed by atoms with van der Waals surface area (Å²) in [7, 11) is 1.79. The van der Waals surface area contributed by atoms with Gasteiger partial charge in [0.2, 0.25) is 5.91 Å². The van der Waals surface area contributed by atoms with Crippen molar-refractivity contribution in [1.82, 2.24) is 10.2 Å². The van der Waals surface area contributed by atoms with E-state index in [4.69, 9.17) is 10.9 Å². The summed E-state index contributed by atoms with van der Waals surface area (Å²) in [5.41, 5.74) is 5.43. The summed E-state index contributed by atoms with van der Waals surface area (Å²) in [5, 5.41) is 14.5. The molecule has 1 fully saturated rings. The second kappa shape index (κ2) is 4.97. The third-order valence-electron chi connectivity index (χ3n) is 2.72. The van der Waals surface area contributed by atoms with E-state index in [0.29, 0.717) is 6.54 Å². The molecule has 6 nitrogen and oxygen atoms in total. The van der Waals surface area contributed by atoms with E-state index in [1.165, 1.54) is 0 Å². The number of carbonyl (C=O) groups is 1. The summed E-state index contributed by atoms with van der Waals surface area (Å²) in [4.78, 5) is 13.2. The smallest absolute Gasteiger partial charge is 0.239 e. The Morgan fingerprint density at radius 1 is 1.87 bits per heavy atom. The summed E-state index contributed by atoms with van der Waals surface area (Å²) in [6.45, 7) is 3.17. The third kappa shape index (κ3) is 2.82. The molecule has 2 atom stereocenters. The lowest BCUT2D eigenvalue weighted by molar-refractivity contribution is -0.128. The second-order valence-corrected chi connectivity index (χ2v) is 3.94. The Balaban J connectivity index is 2.35. The molecule has 0 aliphatic carbocycles. The number of amidine groups is 1. The fraction of sp³-hybridized carbons (Fsp3) is 0.778. The third-order valence-corrected chi connectivity index (χ3v) is 2.72. The maximum atomic E-state index is 11.5. The standard InChI is InChI=1S/C9H18N4O2/c1-6(8(10)12-15)5-11-7-3-4-13(2)9(7)14/h6-7,11,15H,3-5H2,1-2H3,(H2,10,12). The number of nitrogens with one attached hydrogen (secondary N) is 1. The minimum atomic E-state index is -0.121. The zero-order valence-electron chi connectivity index (χ0n) is 9.10. The van der Waals surface area contributed by atoms with Crippen LogP contribution in [-0.2, 0) is 4.79 Å². The van der Waals surface area contributed by atoms with Gasteiger partial charge in [-0.3, -0.25) is 4.79 Å². The number of hydrogen-bond donors (Lipinski definition) is 3. The Morgan fingerprint density at radius 2 is 2.53 bits per heavy atom. The summed E-state index contributed by atoms with van der Waals surface area (Å²) >= 11 is 0. The van der Waals surface area contributed by atoms with Crippen molar-refractivity contribution in [1.29, 1.82) is 0 Å². The molecule has 0 aromatic heterocycles. The first-order valence-corrected chi connectivity index (χ1v) is 5.02. The molecule has 1 amide bonds. The molecule has 1 rings (SSSR count). The van der Waals surface area contributed by atoms with Gasteiger partial charge in [-0.25, -0.2) is 0 Å². The summed E-state index contributed by atoms with van der Waals surface area (Å²) < 4.78 is 0. The van der Waals surface area contributed by atoms with Crippen molar-refractivity contribution in [3.05, 3.63) is 0 Å². The van der Waals surface area contributed by atoms with Crippen molar-refractivity contribution in [3.8, 4) is 0 Å². The maximum Gasteiger partial charge on any atom is 0.239 e. The molecule has 86 valence electrons. The highest BCUT2D eigenvalue weighted by molar-refractivity contribution is 5.84. The molecule has 1 saturated heterocycles. The SMILES string of the molecule is CC(CNC1CCN(C)C1=O)C(N)=NO. The second-order valence-electron chi connectivity index (χ2n) is 3.94. The van der Waals surface area contributed by atoms with Crippen LogP contribution in [-0.4, -0.2) is 48.0 Å². The quantitative estimate of drug-likeness (QED) is 0.247. The van der Waals surface area contributed by atoms with E-state index in [-0.39, 0.29) is 23.7 Å². The van der Waals surface area contributed by atoms with E-state index in [1.807, 2.05) is 6.92 Å². The lowest BCUT2D eigenvalue weighted by Crippen LogP contribution is -2.41. The molecule has 15 heavy (non-hydrogen) atoms. The van der Waals surface area contributed by atoms with Crippen LogP contribution in [0.25, 0.3) is 0 Å². The molecule has 1 aliphatic heterocycles. The first kappa shape index (κ1) is 11.8. The molecular weight excluding hydrogens is 196 g/mol. The molecule has 1 heterocycles. The molecule has 2 unspecified atom stereocenters. The molecule has 4 N–H and O–H groups in total. The van der Waals surface area contributed by atoms with Gasteiger partial charge in [-0.05, 0) is 6.42 Å². The minimum Gasteiger partial charge on any atom is -0.409 e. The van der Waals surface area contributed by atoms with Crippen molar-refractivity contribution < 1.29 is 10.0 Å². The van der Waals surface area contributed by atoms with Gasteiger partial charge >= 0.3 is 0 Å². The Kier molecular flexibility index (Phi) is 3.90. The molecular formula is C9H18N4O2. The average Bonchev–Trinajstić information content (AvgIpc) is 2.55. The van der Waals surface area contributed by atoms with Crippen LogP contribution in [0.1, 0.15) is 13.3 Å². The van der Waals surface area contributed by atoms with E-state index in [1.54, 1.807) is 11.9 Å². The zero-order chi connectivity index (χ0) is 11.4. The molecule has 1 aliphatic rings. The van der Waals surface area contributed by atoms with Crippen molar-refractivity contribution in [2.45, 2.75) is 19.4 Å². The van der Waals surface area contributed by atoms with Crippen LogP contribution >= 0.6 is 0 Å². The number of rotatable bonds is 4. The molecule has 0 saturated carbocycles. The average molecular weight is 214 g/mol. The highest BCUT2D eigenvalue weighted by Crippen LogP contribution is 2.08. The van der Waals surface area contributed by atoms with E-state index in [9.17, 15) is 4.79 Å². The fourth-order valence-corrected chi connectivity index (χ4v) is 1.53. The van der Waals surface area contributed by atoms with Crippen LogP contribution in [0.2, 0.25) is 0 Å². The highest BCUT2D eigenvalue weighted by atomic mass is 16.4. The lowest BCUT2D eigenvalue weighted by atomic mass is 10.1. The van der Waals surface area contributed by atoms with Gasteiger partial charge < -0.3 is 21.2 Å². The van der Waals surface area contributed by atoms with Crippen molar-refractivity contribution >= 4 is 11.7 Å². The molecule has 0 aromatic rings. The lowest BCUT2D eigenvalue weighted by Gasteiger charge is -2.15. The van der Waals surface area contributed by atoms with Crippen LogP contribution in [0.3, 0.4) is 0 Å². The van der Waals surface area contributed by atoms with E-state index in [2.05, 4.69) is 10.5 Å². The number of carbonyl (C=O) groups excluding carboxylic acids is 1.